The molecule has 0 radical (unpaired) electrons. The number of non-ortho nitro benzene ring substituents is 1. The molecule has 0 aliphatic carbocycles. The third kappa shape index (κ3) is 5.58. The second-order valence-electron chi connectivity index (χ2n) is 7.20. The number of nitro groups is 1. The van der Waals surface area contributed by atoms with Crippen molar-refractivity contribution in [2.45, 2.75) is 20.5 Å². The van der Waals surface area contributed by atoms with Gasteiger partial charge in [-0.05, 0) is 43.2 Å². The van der Waals surface area contributed by atoms with Crippen LogP contribution in [-0.4, -0.2) is 10.8 Å². The molecule has 0 bridgehead atoms. The van der Waals surface area contributed by atoms with Crippen molar-refractivity contribution in [2.75, 3.05) is 5.32 Å². The average molecular weight is 427 g/mol. The smallest absolute Gasteiger partial charge is 0.269 e. The molecular formula is C25H21N3O4. The Labute approximate surface area is 185 Å². The molecule has 160 valence electrons. The van der Waals surface area contributed by atoms with E-state index in [1.165, 1.54) is 18.2 Å². The maximum atomic E-state index is 12.7. The number of carbonyl (C=O) groups excluding carboxylic acids is 1. The van der Waals surface area contributed by atoms with E-state index in [-0.39, 0.29) is 17.9 Å². The Kier molecular flexibility index (Phi) is 6.99. The molecule has 0 aliphatic heterocycles. The van der Waals surface area contributed by atoms with Crippen LogP contribution in [0, 0.1) is 35.3 Å². The molecule has 0 saturated heterocycles. The lowest BCUT2D eigenvalue weighted by Crippen LogP contribution is -2.14. The second kappa shape index (κ2) is 10.0. The molecule has 0 heterocycles. The first kappa shape index (κ1) is 22.2. The number of para-hydroxylation sites is 1. The first-order chi connectivity index (χ1) is 15.4. The molecule has 7 nitrogen and oxygen atoms in total. The van der Waals surface area contributed by atoms with Crippen molar-refractivity contribution in [3.8, 4) is 11.8 Å². The Morgan fingerprint density at radius 3 is 2.62 bits per heavy atom. The van der Waals surface area contributed by atoms with Gasteiger partial charge in [-0.25, -0.2) is 0 Å². The summed E-state index contributed by atoms with van der Waals surface area (Å²) in [5, 5.41) is 23.3. The standard InChI is InChI=1S/C25H21N3O4/c1-17-10-11-23(18(2)12-17)27-25(29)21(15-26)14-20-7-3-4-9-24(20)32-16-19-6-5-8-22(13-19)28(30)31/h3-14H,16H2,1-2H3,(H,27,29)/b21-14+. The van der Waals surface area contributed by atoms with Gasteiger partial charge in [0.2, 0.25) is 0 Å². The van der Waals surface area contributed by atoms with Gasteiger partial charge in [0, 0.05) is 23.4 Å². The van der Waals surface area contributed by atoms with Crippen LogP contribution in [0.25, 0.3) is 6.08 Å². The molecule has 0 saturated carbocycles. The molecule has 1 N–H and O–H groups in total. The Balaban J connectivity index is 1.79. The van der Waals surface area contributed by atoms with Crippen molar-refractivity contribution in [3.63, 3.8) is 0 Å². The summed E-state index contributed by atoms with van der Waals surface area (Å²) in [5.74, 6) is -0.0704. The SMILES string of the molecule is Cc1ccc(NC(=O)/C(C#N)=C/c2ccccc2OCc2cccc([N+](=O)[O-])c2)c(C)c1. The molecule has 3 aromatic carbocycles. The van der Waals surface area contributed by atoms with E-state index < -0.39 is 10.8 Å². The van der Waals surface area contributed by atoms with E-state index in [1.54, 1.807) is 42.5 Å². The van der Waals surface area contributed by atoms with Crippen LogP contribution in [0.2, 0.25) is 0 Å². The molecule has 0 aromatic heterocycles. The molecule has 0 spiro atoms. The van der Waals surface area contributed by atoms with E-state index >= 15 is 0 Å². The Morgan fingerprint density at radius 1 is 1.12 bits per heavy atom. The number of anilines is 1. The van der Waals surface area contributed by atoms with Gasteiger partial charge in [-0.2, -0.15) is 5.26 Å². The highest BCUT2D eigenvalue weighted by molar-refractivity contribution is 6.10. The maximum absolute atomic E-state index is 12.7. The van der Waals surface area contributed by atoms with Gasteiger partial charge in [-0.15, -0.1) is 0 Å². The number of hydrogen-bond donors (Lipinski definition) is 1. The summed E-state index contributed by atoms with van der Waals surface area (Å²) in [5.41, 5.74) is 3.70. The highest BCUT2D eigenvalue weighted by Gasteiger charge is 2.13. The summed E-state index contributed by atoms with van der Waals surface area (Å²) in [4.78, 5) is 23.2. The van der Waals surface area contributed by atoms with Crippen LogP contribution in [0.5, 0.6) is 5.75 Å². The average Bonchev–Trinajstić information content (AvgIpc) is 2.78. The second-order valence-corrected chi connectivity index (χ2v) is 7.20. The molecule has 0 unspecified atom stereocenters. The van der Waals surface area contributed by atoms with Crippen LogP contribution in [0.4, 0.5) is 11.4 Å². The van der Waals surface area contributed by atoms with Crippen molar-refractivity contribution in [2.24, 2.45) is 0 Å². The van der Waals surface area contributed by atoms with Crippen molar-refractivity contribution in [1.29, 1.82) is 5.26 Å². The summed E-state index contributed by atoms with van der Waals surface area (Å²) in [6.07, 6.45) is 1.46. The fourth-order valence-electron chi connectivity index (χ4n) is 3.10. The molecule has 0 fully saturated rings. The predicted molar refractivity (Wildman–Crippen MR) is 122 cm³/mol. The number of nitriles is 1. The van der Waals surface area contributed by atoms with Crippen LogP contribution in [-0.2, 0) is 11.4 Å². The number of amides is 1. The minimum absolute atomic E-state index is 0.0193. The monoisotopic (exact) mass is 427 g/mol. The van der Waals surface area contributed by atoms with Crippen LogP contribution in [0.15, 0.2) is 72.3 Å². The lowest BCUT2D eigenvalue weighted by Gasteiger charge is -2.11. The van der Waals surface area contributed by atoms with Crippen LogP contribution < -0.4 is 10.1 Å². The summed E-state index contributed by atoms with van der Waals surface area (Å²) in [6, 6.07) is 20.7. The topological polar surface area (TPSA) is 105 Å². The summed E-state index contributed by atoms with van der Waals surface area (Å²) in [7, 11) is 0. The number of nitro benzene ring substituents is 1. The zero-order chi connectivity index (χ0) is 23.1. The van der Waals surface area contributed by atoms with Gasteiger partial charge in [-0.3, -0.25) is 14.9 Å². The van der Waals surface area contributed by atoms with E-state index in [9.17, 15) is 20.2 Å². The van der Waals surface area contributed by atoms with E-state index in [0.29, 0.717) is 22.6 Å². The van der Waals surface area contributed by atoms with Gasteiger partial charge >= 0.3 is 0 Å². The number of nitrogens with one attached hydrogen (secondary N) is 1. The minimum atomic E-state index is -0.520. The summed E-state index contributed by atoms with van der Waals surface area (Å²) in [6.45, 7) is 3.95. The van der Waals surface area contributed by atoms with Gasteiger partial charge in [-0.1, -0.05) is 48.0 Å². The van der Waals surface area contributed by atoms with Crippen LogP contribution >= 0.6 is 0 Å². The first-order valence-electron chi connectivity index (χ1n) is 9.83. The summed E-state index contributed by atoms with van der Waals surface area (Å²) < 4.78 is 5.83. The van der Waals surface area contributed by atoms with Crippen molar-refractivity contribution < 1.29 is 14.5 Å². The van der Waals surface area contributed by atoms with Gasteiger partial charge in [0.15, 0.2) is 0 Å². The molecule has 3 rings (SSSR count). The number of aryl methyl sites for hydroxylation is 2. The van der Waals surface area contributed by atoms with Crippen molar-refractivity contribution >= 4 is 23.4 Å². The molecule has 0 aliphatic rings. The lowest BCUT2D eigenvalue weighted by molar-refractivity contribution is -0.384. The molecule has 32 heavy (non-hydrogen) atoms. The molecule has 0 atom stereocenters. The maximum Gasteiger partial charge on any atom is 0.269 e. The van der Waals surface area contributed by atoms with Gasteiger partial charge in [0.25, 0.3) is 11.6 Å². The third-order valence-corrected chi connectivity index (χ3v) is 4.73. The lowest BCUT2D eigenvalue weighted by atomic mass is 10.1. The van der Waals surface area contributed by atoms with E-state index in [0.717, 1.165) is 11.1 Å². The van der Waals surface area contributed by atoms with Crippen LogP contribution in [0.3, 0.4) is 0 Å². The Hall–Kier alpha value is -4.44. The number of benzene rings is 3. The predicted octanol–water partition coefficient (Wildman–Crippen LogP) is 5.34. The van der Waals surface area contributed by atoms with Gasteiger partial charge in [0.05, 0.1) is 4.92 Å². The highest BCUT2D eigenvalue weighted by Crippen LogP contribution is 2.24. The fourth-order valence-corrected chi connectivity index (χ4v) is 3.10. The summed E-state index contributed by atoms with van der Waals surface area (Å²) >= 11 is 0. The molecule has 1 amide bonds. The molecule has 3 aromatic rings. The third-order valence-electron chi connectivity index (χ3n) is 4.73. The quantitative estimate of drug-likeness (QED) is 0.237. The minimum Gasteiger partial charge on any atom is -0.488 e. The highest BCUT2D eigenvalue weighted by atomic mass is 16.6. The normalized spacial score (nSPS) is 10.8. The largest absolute Gasteiger partial charge is 0.488 e. The number of hydrogen-bond acceptors (Lipinski definition) is 5. The number of rotatable bonds is 7. The molecule has 7 heteroatoms. The zero-order valence-electron chi connectivity index (χ0n) is 17.7. The van der Waals surface area contributed by atoms with Crippen molar-refractivity contribution in [1.82, 2.24) is 0 Å². The Morgan fingerprint density at radius 2 is 1.91 bits per heavy atom. The van der Waals surface area contributed by atoms with E-state index in [2.05, 4.69) is 5.32 Å². The first-order valence-corrected chi connectivity index (χ1v) is 9.83. The molecular weight excluding hydrogens is 406 g/mol. The zero-order valence-corrected chi connectivity index (χ0v) is 17.7. The van der Waals surface area contributed by atoms with Crippen molar-refractivity contribution in [3.05, 3.63) is 105 Å². The van der Waals surface area contributed by atoms with Gasteiger partial charge < -0.3 is 10.1 Å². The fraction of sp³-hybridized carbons (Fsp3) is 0.120. The van der Waals surface area contributed by atoms with Gasteiger partial charge in [0.1, 0.15) is 24.0 Å². The Bertz CT molecular complexity index is 1240. The number of carbonyl (C=O) groups is 1. The van der Waals surface area contributed by atoms with E-state index in [1.807, 2.05) is 32.0 Å². The van der Waals surface area contributed by atoms with E-state index in [4.69, 9.17) is 4.74 Å². The van der Waals surface area contributed by atoms with Crippen LogP contribution in [0.1, 0.15) is 22.3 Å². The number of nitrogens with zero attached hydrogens (tertiary/aromatic N) is 2. The number of ether oxygens (including phenoxy) is 1.